The fourth-order valence-corrected chi connectivity index (χ4v) is 1.81. The highest BCUT2D eigenvalue weighted by atomic mass is 16.6. The number of nitrogens with one attached hydrogen (secondary N) is 2. The molecule has 1 heterocycles. The van der Waals surface area contributed by atoms with Crippen molar-refractivity contribution in [2.24, 2.45) is 5.73 Å². The summed E-state index contributed by atoms with van der Waals surface area (Å²) in [7, 11) is 0. The first-order valence-corrected chi connectivity index (χ1v) is 5.86. The molecule has 1 saturated heterocycles. The molecular formula is C11H22N4O2. The second kappa shape index (κ2) is 5.25. The van der Waals surface area contributed by atoms with Crippen LogP contribution in [0.1, 0.15) is 33.6 Å². The third-order valence-electron chi connectivity index (χ3n) is 2.43. The Labute approximate surface area is 102 Å². The van der Waals surface area contributed by atoms with Gasteiger partial charge in [-0.1, -0.05) is 0 Å². The molecule has 0 bridgehead atoms. The second-order valence-electron chi connectivity index (χ2n) is 5.32. The molecule has 1 rings (SSSR count). The van der Waals surface area contributed by atoms with E-state index in [0.717, 1.165) is 12.8 Å². The van der Waals surface area contributed by atoms with Crippen LogP contribution in [0.4, 0.5) is 4.79 Å². The fraction of sp³-hybridized carbons (Fsp3) is 0.818. The van der Waals surface area contributed by atoms with Crippen LogP contribution in [-0.2, 0) is 4.74 Å². The Bertz CT molecular complexity index is 298. The van der Waals surface area contributed by atoms with Gasteiger partial charge < -0.3 is 20.7 Å². The Kier molecular flexibility index (Phi) is 4.20. The van der Waals surface area contributed by atoms with E-state index in [2.05, 4.69) is 5.32 Å². The van der Waals surface area contributed by atoms with E-state index >= 15 is 0 Å². The van der Waals surface area contributed by atoms with Crippen molar-refractivity contribution >= 4 is 12.1 Å². The van der Waals surface area contributed by atoms with E-state index in [1.807, 2.05) is 20.8 Å². The van der Waals surface area contributed by atoms with E-state index in [1.54, 1.807) is 4.90 Å². The lowest BCUT2D eigenvalue weighted by Gasteiger charge is -2.34. The van der Waals surface area contributed by atoms with Crippen molar-refractivity contribution in [1.82, 2.24) is 10.2 Å². The summed E-state index contributed by atoms with van der Waals surface area (Å²) in [6.07, 6.45) is 1.51. The minimum Gasteiger partial charge on any atom is -0.444 e. The maximum atomic E-state index is 11.8. The van der Waals surface area contributed by atoms with Gasteiger partial charge in [0.15, 0.2) is 5.96 Å². The SMILES string of the molecule is CC(C)(C)OC(=O)N1CCC[C@@H](NC(=N)N)C1. The number of likely N-dealkylation sites (tertiary alicyclic amines) is 1. The highest BCUT2D eigenvalue weighted by Crippen LogP contribution is 2.15. The molecule has 17 heavy (non-hydrogen) atoms. The first-order chi connectivity index (χ1) is 7.78. The van der Waals surface area contributed by atoms with E-state index in [1.165, 1.54) is 0 Å². The number of carbonyl (C=O) groups excluding carboxylic acids is 1. The summed E-state index contributed by atoms with van der Waals surface area (Å²) in [5, 5.41) is 10.0. The van der Waals surface area contributed by atoms with Crippen LogP contribution >= 0.6 is 0 Å². The number of hydrogen-bond acceptors (Lipinski definition) is 3. The van der Waals surface area contributed by atoms with E-state index in [9.17, 15) is 4.79 Å². The molecule has 0 saturated carbocycles. The van der Waals surface area contributed by atoms with Crippen LogP contribution in [0, 0.1) is 5.41 Å². The third-order valence-corrected chi connectivity index (χ3v) is 2.43. The third kappa shape index (κ3) is 4.93. The zero-order chi connectivity index (χ0) is 13.1. The second-order valence-corrected chi connectivity index (χ2v) is 5.32. The average Bonchev–Trinajstić information content (AvgIpc) is 2.14. The van der Waals surface area contributed by atoms with E-state index < -0.39 is 5.60 Å². The lowest BCUT2D eigenvalue weighted by atomic mass is 10.1. The monoisotopic (exact) mass is 242 g/mol. The summed E-state index contributed by atoms with van der Waals surface area (Å²) in [6.45, 7) is 6.78. The molecular weight excluding hydrogens is 220 g/mol. The lowest BCUT2D eigenvalue weighted by Crippen LogP contribution is -2.51. The first-order valence-electron chi connectivity index (χ1n) is 5.86. The van der Waals surface area contributed by atoms with Gasteiger partial charge in [0.05, 0.1) is 0 Å². The van der Waals surface area contributed by atoms with Crippen LogP contribution in [0.5, 0.6) is 0 Å². The average molecular weight is 242 g/mol. The summed E-state index contributed by atoms with van der Waals surface area (Å²) >= 11 is 0. The zero-order valence-corrected chi connectivity index (χ0v) is 10.7. The molecule has 1 aliphatic heterocycles. The summed E-state index contributed by atoms with van der Waals surface area (Å²) < 4.78 is 5.30. The van der Waals surface area contributed by atoms with Gasteiger partial charge in [-0.15, -0.1) is 0 Å². The molecule has 6 heteroatoms. The van der Waals surface area contributed by atoms with Crippen molar-refractivity contribution in [2.75, 3.05) is 13.1 Å². The Hall–Kier alpha value is -1.46. The number of nitrogens with zero attached hydrogens (tertiary/aromatic N) is 1. The Morgan fingerprint density at radius 1 is 1.53 bits per heavy atom. The molecule has 4 N–H and O–H groups in total. The van der Waals surface area contributed by atoms with Crippen molar-refractivity contribution in [3.05, 3.63) is 0 Å². The largest absolute Gasteiger partial charge is 0.444 e. The number of hydrogen-bond donors (Lipinski definition) is 3. The summed E-state index contributed by atoms with van der Waals surface area (Å²) in [5.74, 6) is -0.0546. The highest BCUT2D eigenvalue weighted by molar-refractivity contribution is 5.75. The Morgan fingerprint density at radius 3 is 2.71 bits per heavy atom. The summed E-state index contributed by atoms with van der Waals surface area (Å²) in [5.41, 5.74) is 4.81. The smallest absolute Gasteiger partial charge is 0.410 e. The van der Waals surface area contributed by atoms with Gasteiger partial charge in [-0.05, 0) is 33.6 Å². The fourth-order valence-electron chi connectivity index (χ4n) is 1.81. The van der Waals surface area contributed by atoms with Crippen LogP contribution in [0.3, 0.4) is 0 Å². The van der Waals surface area contributed by atoms with Crippen LogP contribution < -0.4 is 11.1 Å². The molecule has 0 aromatic rings. The molecule has 98 valence electrons. The van der Waals surface area contributed by atoms with Gasteiger partial charge in [-0.25, -0.2) is 4.79 Å². The lowest BCUT2D eigenvalue weighted by molar-refractivity contribution is 0.0194. The van der Waals surface area contributed by atoms with Crippen molar-refractivity contribution < 1.29 is 9.53 Å². The first kappa shape index (κ1) is 13.6. The van der Waals surface area contributed by atoms with Crippen LogP contribution in [0.25, 0.3) is 0 Å². The molecule has 1 amide bonds. The van der Waals surface area contributed by atoms with Crippen molar-refractivity contribution in [3.8, 4) is 0 Å². The van der Waals surface area contributed by atoms with Crippen molar-refractivity contribution in [3.63, 3.8) is 0 Å². The molecule has 0 aromatic carbocycles. The van der Waals surface area contributed by atoms with Crippen LogP contribution in [0.15, 0.2) is 0 Å². The molecule has 1 aliphatic rings. The molecule has 6 nitrogen and oxygen atoms in total. The molecule has 0 unspecified atom stereocenters. The number of piperidine rings is 1. The molecule has 0 radical (unpaired) electrons. The van der Waals surface area contributed by atoms with Gasteiger partial charge in [-0.2, -0.15) is 0 Å². The molecule has 0 spiro atoms. The van der Waals surface area contributed by atoms with Crippen molar-refractivity contribution in [2.45, 2.75) is 45.3 Å². The normalized spacial score (nSPS) is 20.9. The van der Waals surface area contributed by atoms with Gasteiger partial charge in [0.2, 0.25) is 0 Å². The van der Waals surface area contributed by atoms with Gasteiger partial charge in [0.1, 0.15) is 5.60 Å². The predicted octanol–water partition coefficient (Wildman–Crippen LogP) is 0.869. The summed E-state index contributed by atoms with van der Waals surface area (Å²) in [6, 6.07) is 0.0498. The van der Waals surface area contributed by atoms with Crippen molar-refractivity contribution in [1.29, 1.82) is 5.41 Å². The number of rotatable bonds is 1. The molecule has 0 aromatic heterocycles. The molecule has 1 fully saturated rings. The topological polar surface area (TPSA) is 91.4 Å². The van der Waals surface area contributed by atoms with Crippen LogP contribution in [0.2, 0.25) is 0 Å². The van der Waals surface area contributed by atoms with Crippen LogP contribution in [-0.4, -0.2) is 41.7 Å². The van der Waals surface area contributed by atoms with E-state index in [-0.39, 0.29) is 18.1 Å². The molecule has 1 atom stereocenters. The van der Waals surface area contributed by atoms with E-state index in [0.29, 0.717) is 13.1 Å². The maximum Gasteiger partial charge on any atom is 0.410 e. The van der Waals surface area contributed by atoms with Gasteiger partial charge >= 0.3 is 6.09 Å². The number of guanidine groups is 1. The number of ether oxygens (including phenoxy) is 1. The minimum atomic E-state index is -0.474. The number of amides is 1. The quantitative estimate of drug-likeness (QED) is 0.470. The standard InChI is InChI=1S/C11H22N4O2/c1-11(2,3)17-10(16)15-6-4-5-8(7-15)14-9(12)13/h8H,4-7H2,1-3H3,(H4,12,13,14)/t8-/m1/s1. The predicted molar refractivity (Wildman–Crippen MR) is 65.9 cm³/mol. The minimum absolute atomic E-state index is 0.0498. The number of carbonyl (C=O) groups is 1. The summed E-state index contributed by atoms with van der Waals surface area (Å²) in [4.78, 5) is 13.5. The van der Waals surface area contributed by atoms with Gasteiger partial charge in [-0.3, -0.25) is 5.41 Å². The Balaban J connectivity index is 2.49. The Morgan fingerprint density at radius 2 is 2.18 bits per heavy atom. The van der Waals surface area contributed by atoms with Gasteiger partial charge in [0.25, 0.3) is 0 Å². The van der Waals surface area contributed by atoms with E-state index in [4.69, 9.17) is 15.9 Å². The highest BCUT2D eigenvalue weighted by Gasteiger charge is 2.27. The zero-order valence-electron chi connectivity index (χ0n) is 10.7. The maximum absolute atomic E-state index is 11.8. The number of nitrogens with two attached hydrogens (primary N) is 1. The van der Waals surface area contributed by atoms with Gasteiger partial charge in [0, 0.05) is 19.1 Å². The molecule has 0 aliphatic carbocycles.